The van der Waals surface area contributed by atoms with Crippen LogP contribution >= 0.6 is 11.6 Å². The van der Waals surface area contributed by atoms with E-state index in [1.54, 1.807) is 7.11 Å². The molecule has 0 unspecified atom stereocenters. The van der Waals surface area contributed by atoms with E-state index < -0.39 is 0 Å². The summed E-state index contributed by atoms with van der Waals surface area (Å²) in [6.45, 7) is 7.10. The normalized spacial score (nSPS) is 18.6. The molecule has 1 fully saturated rings. The Morgan fingerprint density at radius 2 is 2.05 bits per heavy atom. The van der Waals surface area contributed by atoms with Gasteiger partial charge in [0.1, 0.15) is 17.6 Å². The summed E-state index contributed by atoms with van der Waals surface area (Å²) in [5, 5.41) is 0.487. The number of piperidine rings is 1. The Kier molecular flexibility index (Phi) is 4.63. The summed E-state index contributed by atoms with van der Waals surface area (Å²) < 4.78 is 5.07. The quantitative estimate of drug-likeness (QED) is 0.795. The summed E-state index contributed by atoms with van der Waals surface area (Å²) in [5.74, 6) is 1.57. The number of ether oxygens (including phenoxy) is 1. The fraction of sp³-hybridized carbons (Fsp3) is 0.714. The summed E-state index contributed by atoms with van der Waals surface area (Å²) in [4.78, 5) is 11.0. The van der Waals surface area contributed by atoms with Gasteiger partial charge in [-0.2, -0.15) is 0 Å². The predicted octanol–water partition coefficient (Wildman–Crippen LogP) is 3.29. The zero-order valence-electron chi connectivity index (χ0n) is 11.9. The Labute approximate surface area is 120 Å². The van der Waals surface area contributed by atoms with E-state index in [-0.39, 0.29) is 0 Å². The molecule has 1 aromatic heterocycles. The van der Waals surface area contributed by atoms with E-state index in [1.165, 1.54) is 19.3 Å². The Balaban J connectivity index is 2.10. The minimum atomic E-state index is 0.397. The molecule has 4 nitrogen and oxygen atoms in total. The lowest BCUT2D eigenvalue weighted by Crippen LogP contribution is -2.39. The molecule has 5 heteroatoms. The standard InChI is InChI=1S/C14H22ClN3O/c1-4-14(2)5-7-18(8-6-14)13-9-11(15)16-12(17-13)10-19-3/h9H,4-8,10H2,1-3H3. The lowest BCUT2D eigenvalue weighted by Gasteiger charge is -2.39. The number of hydrogen-bond donors (Lipinski definition) is 0. The van der Waals surface area contributed by atoms with Crippen molar-refractivity contribution in [2.45, 2.75) is 39.7 Å². The van der Waals surface area contributed by atoms with Gasteiger partial charge in [0.05, 0.1) is 0 Å². The third kappa shape index (κ3) is 3.57. The molecule has 1 aromatic rings. The SMILES string of the molecule is CCC1(C)CCN(c2cc(Cl)nc(COC)n2)CC1. The van der Waals surface area contributed by atoms with Crippen LogP contribution in [0.2, 0.25) is 5.15 Å². The molecule has 1 aliphatic heterocycles. The third-order valence-corrected chi connectivity index (χ3v) is 4.34. The molecular formula is C14H22ClN3O. The average Bonchev–Trinajstić information content (AvgIpc) is 2.39. The molecule has 0 radical (unpaired) electrons. The molecule has 0 saturated carbocycles. The average molecular weight is 284 g/mol. The first-order chi connectivity index (χ1) is 9.06. The maximum Gasteiger partial charge on any atom is 0.158 e. The number of rotatable bonds is 4. The predicted molar refractivity (Wildman–Crippen MR) is 77.6 cm³/mol. The monoisotopic (exact) mass is 283 g/mol. The van der Waals surface area contributed by atoms with Gasteiger partial charge in [-0.1, -0.05) is 31.9 Å². The zero-order valence-corrected chi connectivity index (χ0v) is 12.7. The first-order valence-corrected chi connectivity index (χ1v) is 7.21. The van der Waals surface area contributed by atoms with Crippen molar-refractivity contribution in [3.05, 3.63) is 17.0 Å². The fourth-order valence-corrected chi connectivity index (χ4v) is 2.63. The molecule has 19 heavy (non-hydrogen) atoms. The molecule has 106 valence electrons. The van der Waals surface area contributed by atoms with E-state index in [9.17, 15) is 0 Å². The van der Waals surface area contributed by atoms with Crippen molar-refractivity contribution in [3.8, 4) is 0 Å². The number of nitrogens with zero attached hydrogens (tertiary/aromatic N) is 3. The summed E-state index contributed by atoms with van der Waals surface area (Å²) in [7, 11) is 1.64. The number of methoxy groups -OCH3 is 1. The maximum absolute atomic E-state index is 6.05. The van der Waals surface area contributed by atoms with E-state index >= 15 is 0 Å². The van der Waals surface area contributed by atoms with Crippen LogP contribution in [0.25, 0.3) is 0 Å². The maximum atomic E-state index is 6.05. The molecule has 2 heterocycles. The Morgan fingerprint density at radius 3 is 2.63 bits per heavy atom. The van der Waals surface area contributed by atoms with Crippen LogP contribution in [0.15, 0.2) is 6.07 Å². The first-order valence-electron chi connectivity index (χ1n) is 6.84. The second-order valence-electron chi connectivity index (χ2n) is 5.55. The van der Waals surface area contributed by atoms with Crippen LogP contribution in [0, 0.1) is 5.41 Å². The largest absolute Gasteiger partial charge is 0.377 e. The van der Waals surface area contributed by atoms with Gasteiger partial charge in [0.2, 0.25) is 0 Å². The zero-order chi connectivity index (χ0) is 13.9. The highest BCUT2D eigenvalue weighted by atomic mass is 35.5. The van der Waals surface area contributed by atoms with E-state index in [1.807, 2.05) is 6.07 Å². The van der Waals surface area contributed by atoms with Crippen molar-refractivity contribution in [3.63, 3.8) is 0 Å². The number of hydrogen-bond acceptors (Lipinski definition) is 4. The van der Waals surface area contributed by atoms with Crippen LogP contribution < -0.4 is 4.90 Å². The summed E-state index contributed by atoms with van der Waals surface area (Å²) in [6, 6.07) is 1.84. The van der Waals surface area contributed by atoms with Crippen LogP contribution in [-0.2, 0) is 11.3 Å². The van der Waals surface area contributed by atoms with Gasteiger partial charge < -0.3 is 9.64 Å². The lowest BCUT2D eigenvalue weighted by atomic mass is 9.78. The van der Waals surface area contributed by atoms with E-state index in [2.05, 4.69) is 28.7 Å². The van der Waals surface area contributed by atoms with Crippen molar-refractivity contribution in [2.75, 3.05) is 25.1 Å². The van der Waals surface area contributed by atoms with Crippen LogP contribution in [0.1, 0.15) is 38.9 Å². The van der Waals surface area contributed by atoms with Crippen LogP contribution in [-0.4, -0.2) is 30.2 Å². The van der Waals surface area contributed by atoms with Crippen LogP contribution in [0.3, 0.4) is 0 Å². The van der Waals surface area contributed by atoms with Crippen LogP contribution in [0.5, 0.6) is 0 Å². The highest BCUT2D eigenvalue weighted by Gasteiger charge is 2.29. The Morgan fingerprint density at radius 1 is 1.37 bits per heavy atom. The lowest BCUT2D eigenvalue weighted by molar-refractivity contribution is 0.177. The molecule has 1 aliphatic rings. The Hall–Kier alpha value is -0.870. The summed E-state index contributed by atoms with van der Waals surface area (Å²) in [6.07, 6.45) is 3.63. The Bertz CT molecular complexity index is 431. The van der Waals surface area contributed by atoms with Crippen molar-refractivity contribution in [1.29, 1.82) is 0 Å². The molecule has 0 aliphatic carbocycles. The summed E-state index contributed by atoms with van der Waals surface area (Å²) >= 11 is 6.05. The van der Waals surface area contributed by atoms with Crippen molar-refractivity contribution in [2.24, 2.45) is 5.41 Å². The number of halogens is 1. The minimum absolute atomic E-state index is 0.397. The molecule has 0 spiro atoms. The summed E-state index contributed by atoms with van der Waals surface area (Å²) in [5.41, 5.74) is 0.475. The molecule has 0 bridgehead atoms. The third-order valence-electron chi connectivity index (χ3n) is 4.15. The highest BCUT2D eigenvalue weighted by Crippen LogP contribution is 2.35. The number of aromatic nitrogens is 2. The van der Waals surface area contributed by atoms with Crippen LogP contribution in [0.4, 0.5) is 5.82 Å². The second kappa shape index (κ2) is 6.06. The molecule has 1 saturated heterocycles. The van der Waals surface area contributed by atoms with Crippen molar-refractivity contribution < 1.29 is 4.74 Å². The van der Waals surface area contributed by atoms with Gasteiger partial charge in [-0.05, 0) is 18.3 Å². The van der Waals surface area contributed by atoms with Gasteiger partial charge in [0.25, 0.3) is 0 Å². The number of anilines is 1. The van der Waals surface area contributed by atoms with Gasteiger partial charge in [0, 0.05) is 26.3 Å². The molecule has 0 amide bonds. The van der Waals surface area contributed by atoms with Gasteiger partial charge in [-0.15, -0.1) is 0 Å². The molecule has 0 N–H and O–H groups in total. The van der Waals surface area contributed by atoms with E-state index in [4.69, 9.17) is 16.3 Å². The molecule has 0 aromatic carbocycles. The van der Waals surface area contributed by atoms with Gasteiger partial charge in [-0.25, -0.2) is 9.97 Å². The second-order valence-corrected chi connectivity index (χ2v) is 5.94. The smallest absolute Gasteiger partial charge is 0.158 e. The first kappa shape index (κ1) is 14.5. The van der Waals surface area contributed by atoms with Crippen molar-refractivity contribution in [1.82, 2.24) is 9.97 Å². The van der Waals surface area contributed by atoms with E-state index in [0.29, 0.717) is 23.0 Å². The van der Waals surface area contributed by atoms with Crippen molar-refractivity contribution >= 4 is 17.4 Å². The fourth-order valence-electron chi connectivity index (χ4n) is 2.44. The highest BCUT2D eigenvalue weighted by molar-refractivity contribution is 6.29. The van der Waals surface area contributed by atoms with Gasteiger partial charge in [0.15, 0.2) is 5.82 Å². The van der Waals surface area contributed by atoms with E-state index in [0.717, 1.165) is 18.9 Å². The molecule has 2 rings (SSSR count). The van der Waals surface area contributed by atoms with Gasteiger partial charge in [-0.3, -0.25) is 0 Å². The molecular weight excluding hydrogens is 262 g/mol. The van der Waals surface area contributed by atoms with Gasteiger partial charge >= 0.3 is 0 Å². The minimum Gasteiger partial charge on any atom is -0.377 e. The molecule has 0 atom stereocenters. The topological polar surface area (TPSA) is 38.2 Å².